The summed E-state index contributed by atoms with van der Waals surface area (Å²) < 4.78 is 64.1. The van der Waals surface area contributed by atoms with Gasteiger partial charge in [-0.05, 0) is 55.8 Å². The first kappa shape index (κ1) is 22.8. The van der Waals surface area contributed by atoms with E-state index in [1.807, 2.05) is 12.1 Å². The first-order valence-electron chi connectivity index (χ1n) is 10.6. The Hall–Kier alpha value is -3.33. The highest BCUT2D eigenvalue weighted by Crippen LogP contribution is 2.27. The highest BCUT2D eigenvalue weighted by Gasteiger charge is 2.21. The molecule has 0 radical (unpaired) electrons. The third-order valence-corrected chi connectivity index (χ3v) is 5.38. The lowest BCUT2D eigenvalue weighted by Crippen LogP contribution is -2.29. The summed E-state index contributed by atoms with van der Waals surface area (Å²) >= 11 is 0. The monoisotopic (exact) mass is 462 g/mol. The fourth-order valence-electron chi connectivity index (χ4n) is 3.66. The standard InChI is InChI=1S/C24H22F4N2O3/c25-18-12-19(26)22(28)23(21(18)27)32-14-17-8-9-20(33-17)24(31)29-16-6-4-15(5-7-16)13-30-10-2-1-3-11-30/h4-9,12H,1-3,10-11,13-14H2,(H,29,31). The number of hydrogen-bond donors (Lipinski definition) is 1. The molecule has 5 nitrogen and oxygen atoms in total. The number of carbonyl (C=O) groups excluding carboxylic acids is 1. The van der Waals surface area contributed by atoms with Crippen LogP contribution in [0.15, 0.2) is 46.9 Å². The van der Waals surface area contributed by atoms with Crippen LogP contribution in [0.1, 0.15) is 41.1 Å². The van der Waals surface area contributed by atoms with Crippen molar-refractivity contribution in [1.29, 1.82) is 0 Å². The molecule has 3 aromatic rings. The van der Waals surface area contributed by atoms with Crippen molar-refractivity contribution in [1.82, 2.24) is 4.90 Å². The van der Waals surface area contributed by atoms with Gasteiger partial charge in [0.15, 0.2) is 23.1 Å². The summed E-state index contributed by atoms with van der Waals surface area (Å²) in [5, 5.41) is 2.70. The van der Waals surface area contributed by atoms with Crippen LogP contribution in [0.5, 0.6) is 5.75 Å². The Labute approximate surface area is 188 Å². The van der Waals surface area contributed by atoms with E-state index in [0.29, 0.717) is 5.69 Å². The third-order valence-electron chi connectivity index (χ3n) is 5.38. The topological polar surface area (TPSA) is 54.7 Å². The predicted octanol–water partition coefficient (Wildman–Crippen LogP) is 5.65. The Bertz CT molecular complexity index is 1100. The van der Waals surface area contributed by atoms with Crippen molar-refractivity contribution in [2.24, 2.45) is 0 Å². The molecule has 1 saturated heterocycles. The summed E-state index contributed by atoms with van der Waals surface area (Å²) in [5.41, 5.74) is 1.73. The van der Waals surface area contributed by atoms with Gasteiger partial charge < -0.3 is 14.5 Å². The molecule has 33 heavy (non-hydrogen) atoms. The molecule has 0 saturated carbocycles. The second-order valence-corrected chi connectivity index (χ2v) is 7.84. The molecule has 0 spiro atoms. The van der Waals surface area contributed by atoms with Crippen molar-refractivity contribution >= 4 is 11.6 Å². The summed E-state index contributed by atoms with van der Waals surface area (Å²) in [7, 11) is 0. The number of likely N-dealkylation sites (tertiary alicyclic amines) is 1. The number of hydrogen-bond acceptors (Lipinski definition) is 4. The zero-order chi connectivity index (χ0) is 23.4. The van der Waals surface area contributed by atoms with E-state index in [9.17, 15) is 22.4 Å². The van der Waals surface area contributed by atoms with Crippen molar-refractivity contribution < 1.29 is 31.5 Å². The highest BCUT2D eigenvalue weighted by molar-refractivity contribution is 6.02. The molecule has 174 valence electrons. The molecule has 0 aliphatic carbocycles. The Morgan fingerprint density at radius 3 is 2.27 bits per heavy atom. The maximum atomic E-state index is 13.7. The van der Waals surface area contributed by atoms with E-state index in [-0.39, 0.29) is 17.6 Å². The normalized spacial score (nSPS) is 14.3. The van der Waals surface area contributed by atoms with Crippen LogP contribution in [0.2, 0.25) is 0 Å². The number of ether oxygens (including phenoxy) is 1. The predicted molar refractivity (Wildman–Crippen MR) is 113 cm³/mol. The van der Waals surface area contributed by atoms with Gasteiger partial charge in [-0.3, -0.25) is 9.69 Å². The molecule has 1 aromatic heterocycles. The van der Waals surface area contributed by atoms with E-state index in [1.54, 1.807) is 12.1 Å². The van der Waals surface area contributed by atoms with Crippen molar-refractivity contribution in [3.05, 3.63) is 82.8 Å². The fraction of sp³-hybridized carbons (Fsp3) is 0.292. The maximum absolute atomic E-state index is 13.7. The lowest BCUT2D eigenvalue weighted by molar-refractivity contribution is 0.0992. The number of anilines is 1. The molecule has 9 heteroatoms. The molecule has 1 amide bonds. The van der Waals surface area contributed by atoms with Crippen LogP contribution < -0.4 is 10.1 Å². The zero-order valence-corrected chi connectivity index (χ0v) is 17.7. The summed E-state index contributed by atoms with van der Waals surface area (Å²) in [6.45, 7) is 2.52. The lowest BCUT2D eigenvalue weighted by atomic mass is 10.1. The summed E-state index contributed by atoms with van der Waals surface area (Å²) in [6.07, 6.45) is 3.71. The molecule has 1 fully saturated rings. The second-order valence-electron chi connectivity index (χ2n) is 7.84. The van der Waals surface area contributed by atoms with E-state index in [4.69, 9.17) is 9.15 Å². The quantitative estimate of drug-likeness (QED) is 0.364. The van der Waals surface area contributed by atoms with Crippen LogP contribution in [0.25, 0.3) is 0 Å². The minimum Gasteiger partial charge on any atom is -0.479 e. The largest absolute Gasteiger partial charge is 0.479 e. The van der Waals surface area contributed by atoms with E-state index in [2.05, 4.69) is 10.2 Å². The summed E-state index contributed by atoms with van der Waals surface area (Å²) in [4.78, 5) is 14.8. The Balaban J connectivity index is 1.33. The van der Waals surface area contributed by atoms with Crippen molar-refractivity contribution in [3.63, 3.8) is 0 Å². The minimum absolute atomic E-state index is 0.0421. The van der Waals surface area contributed by atoms with Gasteiger partial charge in [-0.25, -0.2) is 8.78 Å². The number of amides is 1. The van der Waals surface area contributed by atoms with Crippen molar-refractivity contribution in [3.8, 4) is 5.75 Å². The van der Waals surface area contributed by atoms with Gasteiger partial charge in [-0.15, -0.1) is 0 Å². The van der Waals surface area contributed by atoms with Gasteiger partial charge in [0.05, 0.1) is 0 Å². The minimum atomic E-state index is -1.65. The van der Waals surface area contributed by atoms with Gasteiger partial charge in [0, 0.05) is 18.3 Å². The van der Waals surface area contributed by atoms with Crippen LogP contribution in [0.3, 0.4) is 0 Å². The molecule has 1 aliphatic rings. The Morgan fingerprint density at radius 2 is 1.61 bits per heavy atom. The molecular formula is C24H22F4N2O3. The summed E-state index contributed by atoms with van der Waals surface area (Å²) in [6, 6.07) is 10.3. The van der Waals surface area contributed by atoms with Crippen LogP contribution in [-0.2, 0) is 13.2 Å². The van der Waals surface area contributed by atoms with Gasteiger partial charge in [-0.1, -0.05) is 18.6 Å². The number of benzene rings is 2. The van der Waals surface area contributed by atoms with Crippen molar-refractivity contribution in [2.75, 3.05) is 18.4 Å². The number of nitrogens with zero attached hydrogens (tertiary/aromatic N) is 1. The van der Waals surface area contributed by atoms with Crippen molar-refractivity contribution in [2.45, 2.75) is 32.4 Å². The van der Waals surface area contributed by atoms with Crippen LogP contribution in [0.4, 0.5) is 23.2 Å². The van der Waals surface area contributed by atoms with E-state index in [0.717, 1.165) is 25.2 Å². The molecule has 0 unspecified atom stereocenters. The molecule has 0 bridgehead atoms. The molecule has 2 heterocycles. The van der Waals surface area contributed by atoms with Gasteiger partial charge in [-0.2, -0.15) is 8.78 Å². The lowest BCUT2D eigenvalue weighted by Gasteiger charge is -2.26. The third kappa shape index (κ3) is 5.54. The van der Waals surface area contributed by atoms with E-state index < -0.39 is 41.5 Å². The molecule has 1 aliphatic heterocycles. The molecule has 4 rings (SSSR count). The Morgan fingerprint density at radius 1 is 0.939 bits per heavy atom. The van der Waals surface area contributed by atoms with E-state index >= 15 is 0 Å². The van der Waals surface area contributed by atoms with Gasteiger partial charge in [0.2, 0.25) is 11.6 Å². The fourth-order valence-corrected chi connectivity index (χ4v) is 3.66. The summed E-state index contributed by atoms with van der Waals surface area (Å²) in [5.74, 6) is -8.20. The smallest absolute Gasteiger partial charge is 0.291 e. The first-order chi connectivity index (χ1) is 15.9. The number of carbonyl (C=O) groups is 1. The maximum Gasteiger partial charge on any atom is 0.291 e. The number of piperidine rings is 1. The van der Waals surface area contributed by atoms with Crippen LogP contribution in [-0.4, -0.2) is 23.9 Å². The molecular weight excluding hydrogens is 440 g/mol. The van der Waals surface area contributed by atoms with Gasteiger partial charge >= 0.3 is 0 Å². The molecule has 1 N–H and O–H groups in total. The average molecular weight is 462 g/mol. The number of furan rings is 1. The number of halogens is 4. The van der Waals surface area contributed by atoms with Gasteiger partial charge in [0.1, 0.15) is 12.4 Å². The zero-order valence-electron chi connectivity index (χ0n) is 17.7. The van der Waals surface area contributed by atoms with E-state index in [1.165, 1.54) is 31.4 Å². The average Bonchev–Trinajstić information content (AvgIpc) is 3.29. The highest BCUT2D eigenvalue weighted by atomic mass is 19.2. The van der Waals surface area contributed by atoms with Crippen LogP contribution in [0, 0.1) is 23.3 Å². The van der Waals surface area contributed by atoms with Crippen LogP contribution >= 0.6 is 0 Å². The number of rotatable bonds is 7. The molecule has 2 aromatic carbocycles. The SMILES string of the molecule is O=C(Nc1ccc(CN2CCCCC2)cc1)c1ccc(COc2c(F)c(F)cc(F)c2F)o1. The van der Waals surface area contributed by atoms with Gasteiger partial charge in [0.25, 0.3) is 5.91 Å². The first-order valence-corrected chi connectivity index (χ1v) is 10.6. The molecule has 0 atom stereocenters. The second kappa shape index (κ2) is 10.1. The Kier molecular flexibility index (Phi) is 6.98. The number of nitrogens with one attached hydrogen (secondary N) is 1.